The molecule has 0 bridgehead atoms. The van der Waals surface area contributed by atoms with E-state index in [4.69, 9.17) is 0 Å². The van der Waals surface area contributed by atoms with Crippen LogP contribution in [0.25, 0.3) is 33.4 Å². The van der Waals surface area contributed by atoms with Crippen LogP contribution in [0.2, 0.25) is 0 Å². The molecule has 0 unspecified atom stereocenters. The number of aromatic nitrogens is 4. The van der Waals surface area contributed by atoms with Crippen molar-refractivity contribution in [1.29, 1.82) is 0 Å². The number of rotatable bonds is 4. The minimum atomic E-state index is -4.39. The molecule has 0 radical (unpaired) electrons. The van der Waals surface area contributed by atoms with Gasteiger partial charge in [-0.1, -0.05) is 25.0 Å². The van der Waals surface area contributed by atoms with E-state index in [-0.39, 0.29) is 0 Å². The zero-order chi connectivity index (χ0) is 21.4. The zero-order valence-corrected chi connectivity index (χ0v) is 16.6. The summed E-state index contributed by atoms with van der Waals surface area (Å²) in [7, 11) is 0. The van der Waals surface area contributed by atoms with Crippen LogP contribution in [0.1, 0.15) is 31.2 Å². The maximum Gasteiger partial charge on any atom is 0.416 e. The van der Waals surface area contributed by atoms with Gasteiger partial charge in [-0.3, -0.25) is 0 Å². The van der Waals surface area contributed by atoms with Crippen molar-refractivity contribution in [2.45, 2.75) is 37.9 Å². The Bertz CT molecular complexity index is 1230. The van der Waals surface area contributed by atoms with Crippen molar-refractivity contribution >= 4 is 17.0 Å². The summed E-state index contributed by atoms with van der Waals surface area (Å²) in [5.41, 5.74) is 2.59. The van der Waals surface area contributed by atoms with Gasteiger partial charge in [-0.25, -0.2) is 15.0 Å². The highest BCUT2D eigenvalue weighted by atomic mass is 19.4. The van der Waals surface area contributed by atoms with Crippen LogP contribution >= 0.6 is 0 Å². The van der Waals surface area contributed by atoms with Gasteiger partial charge in [-0.05, 0) is 42.7 Å². The molecule has 5 rings (SSSR count). The summed E-state index contributed by atoms with van der Waals surface area (Å²) in [6.07, 6.45) is 5.36. The van der Waals surface area contributed by atoms with E-state index in [1.165, 1.54) is 18.9 Å². The van der Waals surface area contributed by atoms with Crippen molar-refractivity contribution in [2.75, 3.05) is 5.32 Å². The summed E-state index contributed by atoms with van der Waals surface area (Å²) in [5.74, 6) is 0.584. The van der Waals surface area contributed by atoms with Crippen molar-refractivity contribution < 1.29 is 13.2 Å². The molecule has 3 aromatic heterocycles. The molecule has 0 atom stereocenters. The molecule has 31 heavy (non-hydrogen) atoms. The predicted octanol–water partition coefficient (Wildman–Crippen LogP) is 6.06. The van der Waals surface area contributed by atoms with Crippen LogP contribution in [-0.2, 0) is 6.18 Å². The molecule has 158 valence electrons. The van der Waals surface area contributed by atoms with E-state index in [2.05, 4.69) is 25.3 Å². The van der Waals surface area contributed by atoms with Crippen molar-refractivity contribution in [2.24, 2.45) is 0 Å². The van der Waals surface area contributed by atoms with Crippen LogP contribution in [0.4, 0.5) is 19.1 Å². The zero-order valence-electron chi connectivity index (χ0n) is 16.6. The molecule has 2 N–H and O–H groups in total. The Balaban J connectivity index is 1.52. The highest BCUT2D eigenvalue weighted by Gasteiger charge is 2.30. The Labute approximate surface area is 176 Å². The molecule has 1 saturated carbocycles. The van der Waals surface area contributed by atoms with Crippen LogP contribution in [0.3, 0.4) is 0 Å². The maximum absolute atomic E-state index is 13.1. The first kappa shape index (κ1) is 19.5. The fourth-order valence-electron chi connectivity index (χ4n) is 4.08. The number of fused-ring (bicyclic) bond motifs is 1. The summed E-state index contributed by atoms with van der Waals surface area (Å²) in [6.45, 7) is 0. The Morgan fingerprint density at radius 2 is 1.84 bits per heavy atom. The molecule has 1 aliphatic carbocycles. The van der Waals surface area contributed by atoms with Gasteiger partial charge < -0.3 is 10.3 Å². The first-order valence-corrected chi connectivity index (χ1v) is 10.2. The highest BCUT2D eigenvalue weighted by molar-refractivity contribution is 5.95. The van der Waals surface area contributed by atoms with E-state index in [1.54, 1.807) is 18.5 Å². The number of benzene rings is 1. The molecule has 3 heterocycles. The average molecular weight is 423 g/mol. The minimum absolute atomic E-state index is 0.396. The van der Waals surface area contributed by atoms with Gasteiger partial charge >= 0.3 is 6.18 Å². The number of aromatic amines is 1. The Morgan fingerprint density at radius 3 is 2.65 bits per heavy atom. The van der Waals surface area contributed by atoms with Crippen molar-refractivity contribution in [3.8, 4) is 22.4 Å². The Hall–Kier alpha value is -3.42. The normalized spacial score (nSPS) is 14.9. The van der Waals surface area contributed by atoms with Crippen molar-refractivity contribution in [3.63, 3.8) is 0 Å². The summed E-state index contributed by atoms with van der Waals surface area (Å²) in [4.78, 5) is 16.5. The molecule has 8 heteroatoms. The molecule has 0 amide bonds. The lowest BCUT2D eigenvalue weighted by atomic mass is 10.0. The quantitative estimate of drug-likeness (QED) is 0.419. The van der Waals surface area contributed by atoms with Crippen LogP contribution in [-0.4, -0.2) is 26.0 Å². The summed E-state index contributed by atoms with van der Waals surface area (Å²) >= 11 is 0. The molecule has 0 spiro atoms. The third kappa shape index (κ3) is 3.97. The molecule has 1 aromatic carbocycles. The number of anilines is 1. The molecule has 5 nitrogen and oxygen atoms in total. The van der Waals surface area contributed by atoms with Gasteiger partial charge in [0.1, 0.15) is 5.65 Å². The third-order valence-electron chi connectivity index (χ3n) is 5.67. The number of alkyl halides is 3. The lowest BCUT2D eigenvalue weighted by molar-refractivity contribution is -0.137. The van der Waals surface area contributed by atoms with E-state index >= 15 is 0 Å². The topological polar surface area (TPSA) is 66.5 Å². The largest absolute Gasteiger partial charge is 0.416 e. The lowest BCUT2D eigenvalue weighted by Crippen LogP contribution is -2.16. The molecule has 0 saturated heterocycles. The Morgan fingerprint density at radius 1 is 1.00 bits per heavy atom. The van der Waals surface area contributed by atoms with Crippen LogP contribution in [0.5, 0.6) is 0 Å². The SMILES string of the molecule is FC(F)(F)c1cccc(-c2cnc3[nH]cc(-c4ccnc(NC5CCCC5)n4)c3c2)c1. The van der Waals surface area contributed by atoms with E-state index in [9.17, 15) is 13.2 Å². The number of pyridine rings is 1. The average Bonchev–Trinajstić information content (AvgIpc) is 3.43. The molecule has 0 aliphatic heterocycles. The summed E-state index contributed by atoms with van der Waals surface area (Å²) in [6, 6.07) is 9.33. The number of nitrogens with one attached hydrogen (secondary N) is 2. The van der Waals surface area contributed by atoms with Crippen LogP contribution in [0.15, 0.2) is 55.0 Å². The predicted molar refractivity (Wildman–Crippen MR) is 113 cm³/mol. The van der Waals surface area contributed by atoms with Gasteiger partial charge in [-0.2, -0.15) is 13.2 Å². The second kappa shape index (κ2) is 7.68. The molecule has 1 aliphatic rings. The number of hydrogen-bond acceptors (Lipinski definition) is 4. The number of hydrogen-bond donors (Lipinski definition) is 2. The fraction of sp³-hybridized carbons (Fsp3) is 0.261. The minimum Gasteiger partial charge on any atom is -0.351 e. The van der Waals surface area contributed by atoms with Gasteiger partial charge in [-0.15, -0.1) is 0 Å². The van der Waals surface area contributed by atoms with E-state index in [0.29, 0.717) is 28.8 Å². The van der Waals surface area contributed by atoms with Gasteiger partial charge in [0.25, 0.3) is 0 Å². The molecular formula is C23H20F3N5. The third-order valence-corrected chi connectivity index (χ3v) is 5.67. The van der Waals surface area contributed by atoms with Crippen molar-refractivity contribution in [3.05, 3.63) is 60.6 Å². The first-order valence-electron chi connectivity index (χ1n) is 10.2. The molecular weight excluding hydrogens is 403 g/mol. The summed E-state index contributed by atoms with van der Waals surface area (Å²) in [5, 5.41) is 4.19. The second-order valence-corrected chi connectivity index (χ2v) is 7.79. The Kier molecular flexibility index (Phi) is 4.84. The van der Waals surface area contributed by atoms with Crippen LogP contribution in [0, 0.1) is 0 Å². The fourth-order valence-corrected chi connectivity index (χ4v) is 4.08. The second-order valence-electron chi connectivity index (χ2n) is 7.79. The van der Waals surface area contributed by atoms with E-state index in [1.807, 2.05) is 18.3 Å². The van der Waals surface area contributed by atoms with Gasteiger partial charge in [0.05, 0.1) is 11.3 Å². The number of H-pyrrole nitrogens is 1. The molecule has 1 fully saturated rings. The number of halogens is 3. The van der Waals surface area contributed by atoms with Gasteiger partial charge in [0.2, 0.25) is 5.95 Å². The molecule has 4 aromatic rings. The van der Waals surface area contributed by atoms with Gasteiger partial charge in [0.15, 0.2) is 0 Å². The highest BCUT2D eigenvalue weighted by Crippen LogP contribution is 2.34. The first-order chi connectivity index (χ1) is 15.0. The van der Waals surface area contributed by atoms with E-state index < -0.39 is 11.7 Å². The smallest absolute Gasteiger partial charge is 0.351 e. The van der Waals surface area contributed by atoms with Gasteiger partial charge in [0, 0.05) is 41.1 Å². The maximum atomic E-state index is 13.1. The van der Waals surface area contributed by atoms with Crippen LogP contribution < -0.4 is 5.32 Å². The monoisotopic (exact) mass is 423 g/mol. The standard InChI is InChI=1S/C23H20F3N5/c24-23(25,26)16-5-3-4-14(10-16)15-11-18-19(13-29-21(18)28-12-15)20-8-9-27-22(31-20)30-17-6-1-2-7-17/h3-5,8-13,17H,1-2,6-7H2,(H,28,29)(H,27,30,31). The van der Waals surface area contributed by atoms with E-state index in [0.717, 1.165) is 41.6 Å². The number of nitrogens with zero attached hydrogens (tertiary/aromatic N) is 3. The van der Waals surface area contributed by atoms with Crippen molar-refractivity contribution in [1.82, 2.24) is 19.9 Å². The lowest BCUT2D eigenvalue weighted by Gasteiger charge is -2.12. The summed E-state index contributed by atoms with van der Waals surface area (Å²) < 4.78 is 39.3.